The molecule has 6 heteroatoms. The zero-order chi connectivity index (χ0) is 23.4. The Morgan fingerprint density at radius 2 is 1.76 bits per heavy atom. The SMILES string of the molecule is CC1C(CCCC(=O)O)c2cc(OCc3ccccc3)ccc2N1C(=O)c1ccc(Cl)cc1. The first-order chi connectivity index (χ1) is 15.9. The van der Waals surface area contributed by atoms with Gasteiger partial charge in [-0.15, -0.1) is 0 Å². The molecule has 1 amide bonds. The fourth-order valence-corrected chi connectivity index (χ4v) is 4.56. The molecular formula is C27H26ClNO4. The Kier molecular flexibility index (Phi) is 6.99. The molecule has 2 unspecified atom stereocenters. The molecule has 0 spiro atoms. The summed E-state index contributed by atoms with van der Waals surface area (Å²) in [5, 5.41) is 9.66. The quantitative estimate of drug-likeness (QED) is 0.425. The maximum Gasteiger partial charge on any atom is 0.303 e. The van der Waals surface area contributed by atoms with Crippen molar-refractivity contribution in [3.63, 3.8) is 0 Å². The third-order valence-electron chi connectivity index (χ3n) is 6.11. The van der Waals surface area contributed by atoms with Gasteiger partial charge in [0.1, 0.15) is 12.4 Å². The van der Waals surface area contributed by atoms with Gasteiger partial charge in [-0.05, 0) is 73.4 Å². The van der Waals surface area contributed by atoms with Crippen LogP contribution in [0.3, 0.4) is 0 Å². The number of halogens is 1. The number of benzene rings is 3. The second kappa shape index (κ2) is 10.1. The zero-order valence-corrected chi connectivity index (χ0v) is 19.2. The highest BCUT2D eigenvalue weighted by Crippen LogP contribution is 2.45. The van der Waals surface area contributed by atoms with E-state index in [9.17, 15) is 9.59 Å². The highest BCUT2D eigenvalue weighted by molar-refractivity contribution is 6.30. The summed E-state index contributed by atoms with van der Waals surface area (Å²) < 4.78 is 6.02. The van der Waals surface area contributed by atoms with Crippen LogP contribution in [0.4, 0.5) is 5.69 Å². The molecule has 0 fully saturated rings. The number of hydrogen-bond donors (Lipinski definition) is 1. The molecule has 5 nitrogen and oxygen atoms in total. The van der Waals surface area contributed by atoms with E-state index >= 15 is 0 Å². The molecule has 0 saturated heterocycles. The molecular weight excluding hydrogens is 438 g/mol. The predicted molar refractivity (Wildman–Crippen MR) is 129 cm³/mol. The van der Waals surface area contributed by atoms with Crippen molar-refractivity contribution in [3.05, 3.63) is 94.5 Å². The number of fused-ring (bicyclic) bond motifs is 1. The topological polar surface area (TPSA) is 66.8 Å². The van der Waals surface area contributed by atoms with Crippen LogP contribution in [0, 0.1) is 0 Å². The molecule has 1 N–H and O–H groups in total. The summed E-state index contributed by atoms with van der Waals surface area (Å²) in [5.74, 6) is -0.154. The number of carbonyl (C=O) groups excluding carboxylic acids is 1. The van der Waals surface area contributed by atoms with Gasteiger partial charge >= 0.3 is 5.97 Å². The van der Waals surface area contributed by atoms with Gasteiger partial charge in [0.2, 0.25) is 0 Å². The Morgan fingerprint density at radius 1 is 1.03 bits per heavy atom. The Labute approximate surface area is 198 Å². The number of amides is 1. The second-order valence-corrected chi connectivity index (χ2v) is 8.75. The third kappa shape index (κ3) is 5.20. The maximum absolute atomic E-state index is 13.4. The van der Waals surface area contributed by atoms with Crippen LogP contribution >= 0.6 is 11.6 Å². The van der Waals surface area contributed by atoms with Crippen LogP contribution in [0.25, 0.3) is 0 Å². The van der Waals surface area contributed by atoms with Gasteiger partial charge in [0, 0.05) is 34.7 Å². The number of ether oxygens (including phenoxy) is 1. The van der Waals surface area contributed by atoms with Crippen molar-refractivity contribution in [1.82, 2.24) is 0 Å². The number of aliphatic carboxylic acids is 1. The van der Waals surface area contributed by atoms with E-state index in [1.165, 1.54) is 0 Å². The number of anilines is 1. The molecule has 3 aromatic rings. The first-order valence-corrected chi connectivity index (χ1v) is 11.4. The van der Waals surface area contributed by atoms with Gasteiger partial charge < -0.3 is 14.7 Å². The highest BCUT2D eigenvalue weighted by atomic mass is 35.5. The van der Waals surface area contributed by atoms with E-state index < -0.39 is 5.97 Å². The van der Waals surface area contributed by atoms with Gasteiger partial charge in [-0.2, -0.15) is 0 Å². The van der Waals surface area contributed by atoms with E-state index in [0.717, 1.165) is 22.6 Å². The minimum absolute atomic E-state index is 0.0240. The lowest BCUT2D eigenvalue weighted by atomic mass is 9.90. The minimum atomic E-state index is -0.810. The van der Waals surface area contributed by atoms with Crippen molar-refractivity contribution < 1.29 is 19.4 Å². The Balaban J connectivity index is 1.61. The summed E-state index contributed by atoms with van der Waals surface area (Å²) in [6.45, 7) is 2.47. The summed E-state index contributed by atoms with van der Waals surface area (Å²) >= 11 is 6.00. The summed E-state index contributed by atoms with van der Waals surface area (Å²) in [7, 11) is 0. The van der Waals surface area contributed by atoms with Crippen LogP contribution in [-0.4, -0.2) is 23.0 Å². The smallest absolute Gasteiger partial charge is 0.303 e. The number of rotatable bonds is 8. The summed E-state index contributed by atoms with van der Waals surface area (Å²) in [4.78, 5) is 26.3. The minimum Gasteiger partial charge on any atom is -0.489 e. The van der Waals surface area contributed by atoms with Gasteiger partial charge in [-0.3, -0.25) is 9.59 Å². The molecule has 170 valence electrons. The Bertz CT molecular complexity index is 1130. The fourth-order valence-electron chi connectivity index (χ4n) is 4.43. The van der Waals surface area contributed by atoms with Crippen LogP contribution in [0.2, 0.25) is 5.02 Å². The van der Waals surface area contributed by atoms with Gasteiger partial charge in [0.05, 0.1) is 0 Å². The average molecular weight is 464 g/mol. The molecule has 2 atom stereocenters. The summed E-state index contributed by atoms with van der Waals surface area (Å²) in [5.41, 5.74) is 3.49. The normalized spacial score (nSPS) is 17.0. The van der Waals surface area contributed by atoms with Gasteiger partial charge in [0.15, 0.2) is 0 Å². The number of carboxylic acids is 1. The number of hydrogen-bond acceptors (Lipinski definition) is 3. The van der Waals surface area contributed by atoms with E-state index in [1.54, 1.807) is 24.3 Å². The van der Waals surface area contributed by atoms with E-state index in [0.29, 0.717) is 30.0 Å². The summed E-state index contributed by atoms with van der Waals surface area (Å²) in [6.07, 6.45) is 1.32. The van der Waals surface area contributed by atoms with Gasteiger partial charge in [-0.25, -0.2) is 0 Å². The van der Waals surface area contributed by atoms with Crippen molar-refractivity contribution in [3.8, 4) is 5.75 Å². The molecule has 33 heavy (non-hydrogen) atoms. The van der Waals surface area contributed by atoms with Crippen molar-refractivity contribution in [2.45, 2.75) is 44.8 Å². The number of carbonyl (C=O) groups is 2. The van der Waals surface area contributed by atoms with Crippen LogP contribution in [0.1, 0.15) is 53.6 Å². The van der Waals surface area contributed by atoms with E-state index in [1.807, 2.05) is 60.4 Å². The lowest BCUT2D eigenvalue weighted by Crippen LogP contribution is -2.37. The van der Waals surface area contributed by atoms with Crippen molar-refractivity contribution >= 4 is 29.2 Å². The van der Waals surface area contributed by atoms with Crippen molar-refractivity contribution in [1.29, 1.82) is 0 Å². The van der Waals surface area contributed by atoms with E-state index in [2.05, 4.69) is 0 Å². The summed E-state index contributed by atoms with van der Waals surface area (Å²) in [6, 6.07) is 22.5. The van der Waals surface area contributed by atoms with Crippen LogP contribution in [-0.2, 0) is 11.4 Å². The predicted octanol–water partition coefficient (Wildman–Crippen LogP) is 6.31. The largest absolute Gasteiger partial charge is 0.489 e. The Hall–Kier alpha value is -3.31. The van der Waals surface area contributed by atoms with Crippen molar-refractivity contribution in [2.75, 3.05) is 4.90 Å². The molecule has 1 aliphatic heterocycles. The van der Waals surface area contributed by atoms with Crippen LogP contribution in [0.15, 0.2) is 72.8 Å². The zero-order valence-electron chi connectivity index (χ0n) is 18.4. The van der Waals surface area contributed by atoms with Crippen LogP contribution < -0.4 is 9.64 Å². The first-order valence-electron chi connectivity index (χ1n) is 11.1. The maximum atomic E-state index is 13.4. The average Bonchev–Trinajstić information content (AvgIpc) is 3.09. The number of nitrogens with zero attached hydrogens (tertiary/aromatic N) is 1. The van der Waals surface area contributed by atoms with Gasteiger partial charge in [-0.1, -0.05) is 41.9 Å². The molecule has 0 aromatic heterocycles. The fraction of sp³-hybridized carbons (Fsp3) is 0.259. The molecule has 0 radical (unpaired) electrons. The molecule has 3 aromatic carbocycles. The van der Waals surface area contributed by atoms with Crippen LogP contribution in [0.5, 0.6) is 5.75 Å². The monoisotopic (exact) mass is 463 g/mol. The number of carboxylic acid groups (broad SMARTS) is 1. The molecule has 4 rings (SSSR count). The second-order valence-electron chi connectivity index (χ2n) is 8.31. The molecule has 1 heterocycles. The highest BCUT2D eigenvalue weighted by Gasteiger charge is 2.39. The first kappa shape index (κ1) is 22.9. The lowest BCUT2D eigenvalue weighted by Gasteiger charge is -2.25. The van der Waals surface area contributed by atoms with E-state index in [-0.39, 0.29) is 24.3 Å². The Morgan fingerprint density at radius 3 is 2.45 bits per heavy atom. The van der Waals surface area contributed by atoms with Gasteiger partial charge in [0.25, 0.3) is 5.91 Å². The third-order valence-corrected chi connectivity index (χ3v) is 6.36. The molecule has 0 saturated carbocycles. The van der Waals surface area contributed by atoms with Crippen molar-refractivity contribution in [2.24, 2.45) is 0 Å². The lowest BCUT2D eigenvalue weighted by molar-refractivity contribution is -0.137. The standard InChI is InChI=1S/C27H26ClNO4/c1-18-23(8-5-9-26(30)31)24-16-22(33-17-19-6-3-2-4-7-19)14-15-25(24)29(18)27(32)20-10-12-21(28)13-11-20/h2-4,6-7,10-16,18,23H,5,8-9,17H2,1H3,(H,30,31). The van der Waals surface area contributed by atoms with E-state index in [4.69, 9.17) is 21.4 Å². The molecule has 0 aliphatic carbocycles. The molecule has 0 bridgehead atoms. The molecule has 1 aliphatic rings.